The highest BCUT2D eigenvalue weighted by molar-refractivity contribution is 5.94. The van der Waals surface area contributed by atoms with E-state index in [0.717, 1.165) is 29.7 Å². The fourth-order valence-electron chi connectivity index (χ4n) is 4.15. The van der Waals surface area contributed by atoms with Crippen LogP contribution < -0.4 is 5.56 Å². The van der Waals surface area contributed by atoms with Crippen LogP contribution in [-0.2, 0) is 0 Å². The second-order valence-corrected chi connectivity index (χ2v) is 7.83. The lowest BCUT2D eigenvalue weighted by molar-refractivity contribution is 0.0704. The lowest BCUT2D eigenvalue weighted by Gasteiger charge is -2.32. The van der Waals surface area contributed by atoms with Crippen LogP contribution in [0.3, 0.4) is 0 Å². The van der Waals surface area contributed by atoms with Gasteiger partial charge in [0.25, 0.3) is 11.5 Å². The van der Waals surface area contributed by atoms with Crippen LogP contribution in [0.5, 0.6) is 0 Å². The molecule has 0 bridgehead atoms. The molecule has 2 aromatic carbocycles. The normalized spacial score (nSPS) is 16.5. The molecular weight excluding hydrogens is 395 g/mol. The standard InChI is InChI=1S/C24H21FN4O2/c25-18-8-10-19(11-9-18)29-15-17(7-12-22(29)30)24(31)28-13-3-4-16(14-28)23-26-20-5-1-2-6-21(20)27-23/h1-2,5-12,15-16H,3-4,13-14H2,(H,26,27). The van der Waals surface area contributed by atoms with Crippen molar-refractivity contribution in [3.63, 3.8) is 0 Å². The molecule has 1 atom stereocenters. The Labute approximate surface area is 178 Å². The molecule has 7 heteroatoms. The maximum atomic E-state index is 13.2. The van der Waals surface area contributed by atoms with Crippen LogP contribution in [0.25, 0.3) is 16.7 Å². The molecule has 1 unspecified atom stereocenters. The first-order chi connectivity index (χ1) is 15.1. The largest absolute Gasteiger partial charge is 0.342 e. The zero-order valence-electron chi connectivity index (χ0n) is 16.8. The number of carbonyl (C=O) groups excluding carboxylic acids is 1. The Bertz CT molecular complexity index is 1280. The van der Waals surface area contributed by atoms with Crippen molar-refractivity contribution in [2.24, 2.45) is 0 Å². The van der Waals surface area contributed by atoms with E-state index in [4.69, 9.17) is 4.98 Å². The third-order valence-corrected chi connectivity index (χ3v) is 5.77. The van der Waals surface area contributed by atoms with Crippen LogP contribution in [0.2, 0.25) is 0 Å². The van der Waals surface area contributed by atoms with Crippen molar-refractivity contribution < 1.29 is 9.18 Å². The van der Waals surface area contributed by atoms with Crippen LogP contribution in [0.1, 0.15) is 34.9 Å². The fourth-order valence-corrected chi connectivity index (χ4v) is 4.15. The number of nitrogens with one attached hydrogen (secondary N) is 1. The van der Waals surface area contributed by atoms with Crippen LogP contribution in [0.4, 0.5) is 4.39 Å². The Balaban J connectivity index is 1.40. The van der Waals surface area contributed by atoms with Gasteiger partial charge in [0.05, 0.1) is 16.6 Å². The van der Waals surface area contributed by atoms with E-state index >= 15 is 0 Å². The molecule has 4 aromatic rings. The van der Waals surface area contributed by atoms with Gasteiger partial charge >= 0.3 is 0 Å². The molecule has 1 fully saturated rings. The molecule has 1 aliphatic rings. The quantitative estimate of drug-likeness (QED) is 0.551. The average Bonchev–Trinajstić information content (AvgIpc) is 3.24. The maximum Gasteiger partial charge on any atom is 0.255 e. The summed E-state index contributed by atoms with van der Waals surface area (Å²) in [5.74, 6) is 0.522. The van der Waals surface area contributed by atoms with Crippen molar-refractivity contribution in [2.45, 2.75) is 18.8 Å². The highest BCUT2D eigenvalue weighted by Crippen LogP contribution is 2.27. The van der Waals surface area contributed by atoms with Gasteiger partial charge < -0.3 is 9.88 Å². The fraction of sp³-hybridized carbons (Fsp3) is 0.208. The average molecular weight is 416 g/mol. The first kappa shape index (κ1) is 19.2. The van der Waals surface area contributed by atoms with E-state index in [0.29, 0.717) is 24.3 Å². The first-order valence-corrected chi connectivity index (χ1v) is 10.3. The van der Waals surface area contributed by atoms with E-state index in [-0.39, 0.29) is 23.2 Å². The summed E-state index contributed by atoms with van der Waals surface area (Å²) in [6, 6.07) is 16.4. The third-order valence-electron chi connectivity index (χ3n) is 5.77. The van der Waals surface area contributed by atoms with Crippen LogP contribution in [0, 0.1) is 5.82 Å². The van der Waals surface area contributed by atoms with Gasteiger partial charge in [-0.25, -0.2) is 9.37 Å². The molecule has 1 N–H and O–H groups in total. The van der Waals surface area contributed by atoms with Gasteiger partial charge in [-0.3, -0.25) is 14.2 Å². The van der Waals surface area contributed by atoms with Crippen LogP contribution in [0.15, 0.2) is 71.7 Å². The van der Waals surface area contributed by atoms with Gasteiger partial charge in [0.2, 0.25) is 0 Å². The van der Waals surface area contributed by atoms with E-state index in [1.807, 2.05) is 29.2 Å². The molecule has 0 aliphatic carbocycles. The molecule has 0 spiro atoms. The molecular formula is C24H21FN4O2. The van der Waals surface area contributed by atoms with Crippen molar-refractivity contribution in [1.29, 1.82) is 0 Å². The number of rotatable bonds is 3. The number of fused-ring (bicyclic) bond motifs is 1. The number of aromatic amines is 1. The first-order valence-electron chi connectivity index (χ1n) is 10.3. The molecule has 1 aliphatic heterocycles. The van der Waals surface area contributed by atoms with Gasteiger partial charge in [0.1, 0.15) is 11.6 Å². The molecule has 31 heavy (non-hydrogen) atoms. The second-order valence-electron chi connectivity index (χ2n) is 7.83. The number of piperidine rings is 1. The Morgan fingerprint density at radius 3 is 2.68 bits per heavy atom. The van der Waals surface area contributed by atoms with Gasteiger partial charge in [0.15, 0.2) is 0 Å². The van der Waals surface area contributed by atoms with E-state index in [2.05, 4.69) is 4.98 Å². The topological polar surface area (TPSA) is 71.0 Å². The number of pyridine rings is 1. The maximum absolute atomic E-state index is 13.2. The molecule has 1 saturated heterocycles. The minimum Gasteiger partial charge on any atom is -0.342 e. The molecule has 2 aromatic heterocycles. The summed E-state index contributed by atoms with van der Waals surface area (Å²) in [6.07, 6.45) is 3.37. The number of likely N-dealkylation sites (tertiary alicyclic amines) is 1. The highest BCUT2D eigenvalue weighted by atomic mass is 19.1. The number of imidazole rings is 1. The van der Waals surface area contributed by atoms with E-state index in [1.54, 1.807) is 6.07 Å². The number of hydrogen-bond donors (Lipinski definition) is 1. The lowest BCUT2D eigenvalue weighted by Crippen LogP contribution is -2.39. The number of nitrogens with zero attached hydrogens (tertiary/aromatic N) is 3. The van der Waals surface area contributed by atoms with Crippen molar-refractivity contribution in [3.05, 3.63) is 94.4 Å². The van der Waals surface area contributed by atoms with Gasteiger partial charge in [-0.2, -0.15) is 0 Å². The zero-order valence-corrected chi connectivity index (χ0v) is 16.8. The summed E-state index contributed by atoms with van der Waals surface area (Å²) in [7, 11) is 0. The molecule has 6 nitrogen and oxygen atoms in total. The van der Waals surface area contributed by atoms with Gasteiger partial charge in [0, 0.05) is 37.0 Å². The molecule has 3 heterocycles. The lowest BCUT2D eigenvalue weighted by atomic mass is 9.97. The summed E-state index contributed by atoms with van der Waals surface area (Å²) in [5, 5.41) is 0. The SMILES string of the molecule is O=C(c1ccc(=O)n(-c2ccc(F)cc2)c1)N1CCCC(c2nc3ccccc3[nH]2)C1. The number of para-hydroxylation sites is 2. The third kappa shape index (κ3) is 3.74. The summed E-state index contributed by atoms with van der Waals surface area (Å²) < 4.78 is 14.6. The number of H-pyrrole nitrogens is 1. The molecule has 156 valence electrons. The molecule has 0 radical (unpaired) electrons. The predicted molar refractivity (Wildman–Crippen MR) is 116 cm³/mol. The Morgan fingerprint density at radius 1 is 1.06 bits per heavy atom. The highest BCUT2D eigenvalue weighted by Gasteiger charge is 2.27. The smallest absolute Gasteiger partial charge is 0.255 e. The number of amides is 1. The van der Waals surface area contributed by atoms with E-state index < -0.39 is 0 Å². The second kappa shape index (κ2) is 7.83. The van der Waals surface area contributed by atoms with Gasteiger partial charge in [-0.15, -0.1) is 0 Å². The number of aromatic nitrogens is 3. The van der Waals surface area contributed by atoms with Crippen LogP contribution in [-0.4, -0.2) is 38.4 Å². The van der Waals surface area contributed by atoms with Gasteiger partial charge in [-0.05, 0) is 55.3 Å². The van der Waals surface area contributed by atoms with Crippen molar-refractivity contribution >= 4 is 16.9 Å². The number of carbonyl (C=O) groups is 1. The number of benzene rings is 2. The van der Waals surface area contributed by atoms with Crippen molar-refractivity contribution in [1.82, 2.24) is 19.4 Å². The zero-order chi connectivity index (χ0) is 21.4. The molecule has 5 rings (SSSR count). The summed E-state index contributed by atoms with van der Waals surface area (Å²) in [5.41, 5.74) is 2.58. The minimum absolute atomic E-state index is 0.128. The van der Waals surface area contributed by atoms with Crippen LogP contribution >= 0.6 is 0 Å². The Kier molecular flexibility index (Phi) is 4.86. The van der Waals surface area contributed by atoms with Crippen molar-refractivity contribution in [2.75, 3.05) is 13.1 Å². The van der Waals surface area contributed by atoms with Crippen molar-refractivity contribution in [3.8, 4) is 5.69 Å². The predicted octanol–water partition coefficient (Wildman–Crippen LogP) is 3.87. The van der Waals surface area contributed by atoms with E-state index in [9.17, 15) is 14.0 Å². The minimum atomic E-state index is -0.381. The molecule has 0 saturated carbocycles. The summed E-state index contributed by atoms with van der Waals surface area (Å²) >= 11 is 0. The molecule has 1 amide bonds. The Morgan fingerprint density at radius 2 is 1.87 bits per heavy atom. The van der Waals surface area contributed by atoms with Gasteiger partial charge in [-0.1, -0.05) is 12.1 Å². The summed E-state index contributed by atoms with van der Waals surface area (Å²) in [4.78, 5) is 35.4. The Hall–Kier alpha value is -3.74. The summed E-state index contributed by atoms with van der Waals surface area (Å²) in [6.45, 7) is 1.22. The number of halogens is 1. The monoisotopic (exact) mass is 416 g/mol. The van der Waals surface area contributed by atoms with E-state index in [1.165, 1.54) is 41.1 Å². The number of hydrogen-bond acceptors (Lipinski definition) is 3.